The minimum absolute atomic E-state index is 0. The van der Waals surface area contributed by atoms with Gasteiger partial charge in [-0.3, -0.25) is 0 Å². The van der Waals surface area contributed by atoms with Gasteiger partial charge in [-0.1, -0.05) is 61.0 Å². The van der Waals surface area contributed by atoms with Gasteiger partial charge in [0, 0.05) is 6.04 Å². The average molecular weight is 322 g/mol. The maximum absolute atomic E-state index is 3.71. The predicted molar refractivity (Wildman–Crippen MR) is 102 cm³/mol. The van der Waals surface area contributed by atoms with Crippen LogP contribution in [0.1, 0.15) is 30.9 Å². The number of benzene rings is 4. The van der Waals surface area contributed by atoms with Gasteiger partial charge in [-0.15, -0.1) is 12.4 Å². The van der Waals surface area contributed by atoms with Crippen LogP contribution < -0.4 is 5.32 Å². The van der Waals surface area contributed by atoms with Gasteiger partial charge in [0.1, 0.15) is 0 Å². The Balaban J connectivity index is 0.00000135. The second kappa shape index (κ2) is 5.67. The van der Waals surface area contributed by atoms with Crippen molar-refractivity contribution in [3.8, 4) is 0 Å². The minimum Gasteiger partial charge on any atom is -0.310 e. The Labute approximate surface area is 142 Å². The number of hydrogen-bond acceptors (Lipinski definition) is 1. The van der Waals surface area contributed by atoms with E-state index >= 15 is 0 Å². The lowest BCUT2D eigenvalue weighted by molar-refractivity contribution is 0.414. The quantitative estimate of drug-likeness (QED) is 0.435. The average Bonchev–Trinajstić information content (AvgIpc) is 2.60. The summed E-state index contributed by atoms with van der Waals surface area (Å²) >= 11 is 0. The van der Waals surface area contributed by atoms with Crippen LogP contribution in [-0.4, -0.2) is 6.54 Å². The van der Waals surface area contributed by atoms with Gasteiger partial charge in [-0.2, -0.15) is 0 Å². The molecule has 0 unspecified atom stereocenters. The molecule has 1 atom stereocenters. The van der Waals surface area contributed by atoms with Gasteiger partial charge in [0.05, 0.1) is 0 Å². The molecule has 0 bridgehead atoms. The first-order valence-electron chi connectivity index (χ1n) is 8.32. The SMILES string of the molecule is Cl.c1cc2ccc3ccc([C@@H]4CCCCN4)c4ccc(c1)c2c34. The largest absolute Gasteiger partial charge is 0.310 e. The zero-order chi connectivity index (χ0) is 14.5. The molecular weight excluding hydrogens is 302 g/mol. The summed E-state index contributed by atoms with van der Waals surface area (Å²) in [5, 5.41) is 12.1. The smallest absolute Gasteiger partial charge is 0.0326 e. The van der Waals surface area contributed by atoms with E-state index in [2.05, 4.69) is 59.9 Å². The summed E-state index contributed by atoms with van der Waals surface area (Å²) in [6.07, 6.45) is 3.89. The molecule has 4 aromatic carbocycles. The van der Waals surface area contributed by atoms with E-state index in [-0.39, 0.29) is 12.4 Å². The van der Waals surface area contributed by atoms with Gasteiger partial charge in [0.2, 0.25) is 0 Å². The van der Waals surface area contributed by atoms with Crippen LogP contribution in [0.5, 0.6) is 0 Å². The zero-order valence-electron chi connectivity index (χ0n) is 13.0. The first-order chi connectivity index (χ1) is 10.9. The summed E-state index contributed by atoms with van der Waals surface area (Å²) in [5.74, 6) is 0. The van der Waals surface area contributed by atoms with Crippen LogP contribution in [0.15, 0.2) is 54.6 Å². The molecule has 2 heteroatoms. The molecule has 0 aromatic heterocycles. The summed E-state index contributed by atoms with van der Waals surface area (Å²) in [7, 11) is 0. The second-order valence-corrected chi connectivity index (χ2v) is 6.51. The van der Waals surface area contributed by atoms with E-state index in [1.54, 1.807) is 0 Å². The van der Waals surface area contributed by atoms with Crippen molar-refractivity contribution in [3.05, 3.63) is 60.2 Å². The highest BCUT2D eigenvalue weighted by atomic mass is 35.5. The van der Waals surface area contributed by atoms with E-state index in [4.69, 9.17) is 0 Å². The van der Waals surface area contributed by atoms with Crippen molar-refractivity contribution in [3.63, 3.8) is 0 Å². The van der Waals surface area contributed by atoms with E-state index in [1.807, 2.05) is 0 Å². The number of halogens is 1. The summed E-state index contributed by atoms with van der Waals surface area (Å²) in [6.45, 7) is 1.15. The molecule has 1 saturated heterocycles. The lowest BCUT2D eigenvalue weighted by Crippen LogP contribution is -2.26. The van der Waals surface area contributed by atoms with Crippen molar-refractivity contribution in [2.45, 2.75) is 25.3 Å². The van der Waals surface area contributed by atoms with Crippen LogP contribution in [0.3, 0.4) is 0 Å². The molecule has 0 amide bonds. The zero-order valence-corrected chi connectivity index (χ0v) is 13.8. The van der Waals surface area contributed by atoms with E-state index in [1.165, 1.54) is 57.1 Å². The Hall–Kier alpha value is -1.83. The molecule has 0 aliphatic carbocycles. The Morgan fingerprint density at radius 3 is 2.17 bits per heavy atom. The maximum atomic E-state index is 3.71. The van der Waals surface area contributed by atoms with Crippen molar-refractivity contribution in [2.75, 3.05) is 6.54 Å². The summed E-state index contributed by atoms with van der Waals surface area (Å²) in [6, 6.07) is 20.9. The standard InChI is InChI=1S/C21H19N.ClH/c1-2-13-22-19(6-1)17-11-9-16-8-7-14-4-3-5-15-10-12-18(17)21(16)20(14)15;/h3-5,7-12,19,22H,1-2,6,13H2;1H/t19-;/m0./s1. The molecule has 0 spiro atoms. The van der Waals surface area contributed by atoms with Crippen LogP contribution in [0.4, 0.5) is 0 Å². The highest BCUT2D eigenvalue weighted by Gasteiger charge is 2.18. The van der Waals surface area contributed by atoms with Gasteiger partial charge in [-0.05, 0) is 57.3 Å². The van der Waals surface area contributed by atoms with E-state index in [0.717, 1.165) is 6.54 Å². The van der Waals surface area contributed by atoms with E-state index in [0.29, 0.717) is 6.04 Å². The molecule has 5 rings (SSSR count). The predicted octanol–water partition coefficient (Wildman–Crippen LogP) is 5.82. The number of piperidine rings is 1. The molecule has 1 heterocycles. The maximum Gasteiger partial charge on any atom is 0.0326 e. The van der Waals surface area contributed by atoms with Gasteiger partial charge >= 0.3 is 0 Å². The Bertz CT molecular complexity index is 954. The molecule has 0 saturated carbocycles. The fourth-order valence-electron chi connectivity index (χ4n) is 4.18. The number of hydrogen-bond donors (Lipinski definition) is 1. The summed E-state index contributed by atoms with van der Waals surface area (Å²) < 4.78 is 0. The lowest BCUT2D eigenvalue weighted by atomic mass is 9.88. The summed E-state index contributed by atoms with van der Waals surface area (Å²) in [4.78, 5) is 0. The molecule has 1 aliphatic rings. The topological polar surface area (TPSA) is 12.0 Å². The van der Waals surface area contributed by atoms with E-state index < -0.39 is 0 Å². The van der Waals surface area contributed by atoms with Gasteiger partial charge < -0.3 is 5.32 Å². The molecule has 1 nitrogen and oxygen atoms in total. The third-order valence-corrected chi connectivity index (χ3v) is 5.25. The molecule has 1 N–H and O–H groups in total. The first-order valence-corrected chi connectivity index (χ1v) is 8.32. The van der Waals surface area contributed by atoms with Gasteiger partial charge in [-0.25, -0.2) is 0 Å². The highest BCUT2D eigenvalue weighted by Crippen LogP contribution is 2.38. The van der Waals surface area contributed by atoms with Crippen molar-refractivity contribution in [1.29, 1.82) is 0 Å². The highest BCUT2D eigenvalue weighted by molar-refractivity contribution is 6.23. The first kappa shape index (κ1) is 14.7. The van der Waals surface area contributed by atoms with Crippen molar-refractivity contribution in [1.82, 2.24) is 5.32 Å². The normalized spacial score (nSPS) is 18.5. The van der Waals surface area contributed by atoms with Crippen molar-refractivity contribution in [2.24, 2.45) is 0 Å². The molecule has 4 aromatic rings. The Kier molecular flexibility index (Phi) is 3.63. The van der Waals surface area contributed by atoms with Crippen LogP contribution in [0, 0.1) is 0 Å². The Morgan fingerprint density at radius 2 is 1.43 bits per heavy atom. The third kappa shape index (κ3) is 2.19. The fraction of sp³-hybridized carbons (Fsp3) is 0.238. The molecule has 116 valence electrons. The third-order valence-electron chi connectivity index (χ3n) is 5.25. The van der Waals surface area contributed by atoms with Crippen LogP contribution in [0.25, 0.3) is 32.3 Å². The lowest BCUT2D eigenvalue weighted by Gasteiger charge is -2.26. The number of nitrogens with one attached hydrogen (secondary N) is 1. The monoisotopic (exact) mass is 321 g/mol. The van der Waals surface area contributed by atoms with Gasteiger partial charge in [0.25, 0.3) is 0 Å². The molecule has 1 aliphatic heterocycles. The summed E-state index contributed by atoms with van der Waals surface area (Å²) in [5.41, 5.74) is 1.48. The Morgan fingerprint density at radius 1 is 0.739 bits per heavy atom. The van der Waals surface area contributed by atoms with Crippen molar-refractivity contribution < 1.29 is 0 Å². The van der Waals surface area contributed by atoms with Crippen molar-refractivity contribution >= 4 is 44.7 Å². The molecular formula is C21H20ClN. The molecule has 0 radical (unpaired) electrons. The number of rotatable bonds is 1. The minimum atomic E-state index is 0. The van der Waals surface area contributed by atoms with E-state index in [9.17, 15) is 0 Å². The molecule has 23 heavy (non-hydrogen) atoms. The van der Waals surface area contributed by atoms with Crippen LogP contribution >= 0.6 is 12.4 Å². The second-order valence-electron chi connectivity index (χ2n) is 6.51. The van der Waals surface area contributed by atoms with Crippen LogP contribution in [-0.2, 0) is 0 Å². The van der Waals surface area contributed by atoms with Gasteiger partial charge in [0.15, 0.2) is 0 Å². The molecule has 1 fully saturated rings. The fourth-order valence-corrected chi connectivity index (χ4v) is 4.18. The van der Waals surface area contributed by atoms with Crippen LogP contribution in [0.2, 0.25) is 0 Å².